The number of hydrogen-bond acceptors (Lipinski definition) is 5. The minimum Gasteiger partial charge on any atom is -0.504 e. The zero-order valence-corrected chi connectivity index (χ0v) is 13.7. The lowest BCUT2D eigenvalue weighted by Gasteiger charge is -2.36. The molecule has 0 saturated carbocycles. The molecule has 0 radical (unpaired) electrons. The summed E-state index contributed by atoms with van der Waals surface area (Å²) in [6.45, 7) is 1.22. The zero-order chi connectivity index (χ0) is 16.4. The molecule has 5 nitrogen and oxygen atoms in total. The van der Waals surface area contributed by atoms with E-state index in [-0.39, 0.29) is 18.5 Å². The minimum atomic E-state index is 0.201. The van der Waals surface area contributed by atoms with Crippen LogP contribution in [0.15, 0.2) is 24.3 Å². The zero-order valence-electron chi connectivity index (χ0n) is 13.7. The largest absolute Gasteiger partial charge is 0.504 e. The van der Waals surface area contributed by atoms with Crippen LogP contribution in [-0.2, 0) is 6.42 Å². The quantitative estimate of drug-likeness (QED) is 0.874. The summed E-state index contributed by atoms with van der Waals surface area (Å²) in [6.07, 6.45) is 0.894. The molecule has 4 aliphatic rings. The van der Waals surface area contributed by atoms with E-state index < -0.39 is 0 Å². The summed E-state index contributed by atoms with van der Waals surface area (Å²) < 4.78 is 16.5. The van der Waals surface area contributed by atoms with Crippen molar-refractivity contribution >= 4 is 0 Å². The summed E-state index contributed by atoms with van der Waals surface area (Å²) in [5.74, 6) is 2.61. The van der Waals surface area contributed by atoms with E-state index in [0.717, 1.165) is 24.5 Å². The van der Waals surface area contributed by atoms with Crippen LogP contribution in [0.3, 0.4) is 0 Å². The lowest BCUT2D eigenvalue weighted by molar-refractivity contribution is 0.174. The highest BCUT2D eigenvalue weighted by molar-refractivity contribution is 5.59. The third-order valence-electron chi connectivity index (χ3n) is 5.54. The van der Waals surface area contributed by atoms with Crippen LogP contribution in [0.25, 0.3) is 0 Å². The molecular formula is C19H19NO4. The Hall–Kier alpha value is -2.40. The number of nitrogens with zero attached hydrogens (tertiary/aromatic N) is 1. The van der Waals surface area contributed by atoms with E-state index in [2.05, 4.69) is 24.1 Å². The number of ether oxygens (including phenoxy) is 3. The number of hydrogen-bond donors (Lipinski definition) is 1. The Kier molecular flexibility index (Phi) is 2.80. The van der Waals surface area contributed by atoms with Crippen molar-refractivity contribution < 1.29 is 19.3 Å². The lowest BCUT2D eigenvalue weighted by Crippen LogP contribution is -2.33. The van der Waals surface area contributed by atoms with Crippen LogP contribution >= 0.6 is 0 Å². The van der Waals surface area contributed by atoms with Gasteiger partial charge in [0.15, 0.2) is 23.0 Å². The lowest BCUT2D eigenvalue weighted by atomic mass is 9.84. The van der Waals surface area contributed by atoms with Crippen molar-refractivity contribution in [1.82, 2.24) is 4.90 Å². The van der Waals surface area contributed by atoms with Crippen LogP contribution in [0.2, 0.25) is 0 Å². The first-order valence-corrected chi connectivity index (χ1v) is 8.19. The number of phenols is 1. The maximum absolute atomic E-state index is 10.3. The average Bonchev–Trinajstić information content (AvgIpc) is 2.94. The molecule has 3 aliphatic heterocycles. The van der Waals surface area contributed by atoms with Gasteiger partial charge in [0.05, 0.1) is 7.11 Å². The second-order valence-electron chi connectivity index (χ2n) is 6.77. The molecule has 2 aromatic rings. The number of benzene rings is 2. The maximum atomic E-state index is 10.3. The summed E-state index contributed by atoms with van der Waals surface area (Å²) >= 11 is 0. The molecule has 2 atom stereocenters. The van der Waals surface area contributed by atoms with Crippen molar-refractivity contribution in [1.29, 1.82) is 0 Å². The molecule has 24 heavy (non-hydrogen) atoms. The van der Waals surface area contributed by atoms with Gasteiger partial charge in [-0.2, -0.15) is 0 Å². The molecule has 124 valence electrons. The molecule has 6 rings (SSSR count). The van der Waals surface area contributed by atoms with Gasteiger partial charge in [0.1, 0.15) is 0 Å². The van der Waals surface area contributed by atoms with Crippen molar-refractivity contribution in [3.05, 3.63) is 46.5 Å². The topological polar surface area (TPSA) is 51.2 Å². The fourth-order valence-corrected chi connectivity index (χ4v) is 4.35. The Morgan fingerprint density at radius 1 is 1.08 bits per heavy atom. The molecule has 2 aromatic carbocycles. The molecule has 0 fully saturated rings. The van der Waals surface area contributed by atoms with Gasteiger partial charge in [0.25, 0.3) is 0 Å². The van der Waals surface area contributed by atoms with Gasteiger partial charge in [0.2, 0.25) is 6.79 Å². The molecule has 1 N–H and O–H groups in total. The second kappa shape index (κ2) is 4.80. The molecule has 0 aromatic heterocycles. The van der Waals surface area contributed by atoms with E-state index in [1.165, 1.54) is 22.3 Å². The van der Waals surface area contributed by atoms with E-state index in [9.17, 15) is 5.11 Å². The molecule has 0 spiro atoms. The normalized spacial score (nSPS) is 23.6. The highest BCUT2D eigenvalue weighted by atomic mass is 16.7. The Balaban J connectivity index is 1.74. The van der Waals surface area contributed by atoms with Crippen LogP contribution in [0, 0.1) is 0 Å². The first-order valence-electron chi connectivity index (χ1n) is 8.19. The Morgan fingerprint density at radius 2 is 1.83 bits per heavy atom. The molecule has 0 saturated heterocycles. The van der Waals surface area contributed by atoms with Crippen LogP contribution < -0.4 is 14.2 Å². The van der Waals surface area contributed by atoms with Crippen molar-refractivity contribution in [2.75, 3.05) is 27.5 Å². The van der Waals surface area contributed by atoms with E-state index >= 15 is 0 Å². The van der Waals surface area contributed by atoms with Gasteiger partial charge in [-0.3, -0.25) is 4.90 Å². The van der Waals surface area contributed by atoms with E-state index in [1.807, 2.05) is 12.1 Å². The summed E-state index contributed by atoms with van der Waals surface area (Å²) in [7, 11) is 3.75. The molecule has 2 unspecified atom stereocenters. The van der Waals surface area contributed by atoms with Gasteiger partial charge in [-0.15, -0.1) is 0 Å². The molecule has 3 heterocycles. The van der Waals surface area contributed by atoms with E-state index in [1.54, 1.807) is 7.11 Å². The van der Waals surface area contributed by atoms with Crippen LogP contribution in [-0.4, -0.2) is 37.5 Å². The number of rotatable bonds is 1. The standard InChI is InChI=1S/C19H19NO4/c1-20-8-14-11-5-16(21)17(22-2)4-10(11)3-15(20)13-7-19-18(6-12(13)14)23-9-24-19/h4-7,14-15,21H,3,8-9H2,1-2H3. The number of aromatic hydroxyl groups is 1. The SMILES string of the molecule is COc1cc2c(cc1O)C1CN(C)C(C2)c2cc3c(cc21)OCO3. The highest BCUT2D eigenvalue weighted by Crippen LogP contribution is 2.50. The highest BCUT2D eigenvalue weighted by Gasteiger charge is 2.39. The van der Waals surface area contributed by atoms with Crippen molar-refractivity contribution in [2.45, 2.75) is 18.4 Å². The summed E-state index contributed by atoms with van der Waals surface area (Å²) in [5, 5.41) is 10.3. The van der Waals surface area contributed by atoms with Crippen LogP contribution in [0.1, 0.15) is 34.2 Å². The van der Waals surface area contributed by atoms with Crippen LogP contribution in [0.4, 0.5) is 0 Å². The average molecular weight is 325 g/mol. The van der Waals surface area contributed by atoms with Crippen molar-refractivity contribution in [3.63, 3.8) is 0 Å². The number of fused-ring (bicyclic) bond motifs is 2. The maximum Gasteiger partial charge on any atom is 0.231 e. The van der Waals surface area contributed by atoms with Gasteiger partial charge in [-0.05, 0) is 60.0 Å². The fraction of sp³-hybridized carbons (Fsp3) is 0.368. The van der Waals surface area contributed by atoms with Crippen molar-refractivity contribution in [3.8, 4) is 23.0 Å². The summed E-state index contributed by atoms with van der Waals surface area (Å²) in [6, 6.07) is 8.40. The molecular weight excluding hydrogens is 306 g/mol. The van der Waals surface area contributed by atoms with Gasteiger partial charge < -0.3 is 19.3 Å². The molecule has 1 aliphatic carbocycles. The summed E-state index contributed by atoms with van der Waals surface area (Å²) in [5.41, 5.74) is 5.00. The van der Waals surface area contributed by atoms with E-state index in [0.29, 0.717) is 11.8 Å². The Bertz CT molecular complexity index is 848. The van der Waals surface area contributed by atoms with Crippen LogP contribution in [0.5, 0.6) is 23.0 Å². The van der Waals surface area contributed by atoms with Gasteiger partial charge in [-0.25, -0.2) is 0 Å². The van der Waals surface area contributed by atoms with Gasteiger partial charge >= 0.3 is 0 Å². The monoisotopic (exact) mass is 325 g/mol. The van der Waals surface area contributed by atoms with E-state index in [4.69, 9.17) is 14.2 Å². The number of likely N-dealkylation sites (N-methyl/N-ethyl adjacent to an activating group) is 1. The molecule has 2 bridgehead atoms. The predicted molar refractivity (Wildman–Crippen MR) is 88.1 cm³/mol. The third kappa shape index (κ3) is 1.79. The predicted octanol–water partition coefficient (Wildman–Crippen LogP) is 2.80. The Labute approximate surface area is 140 Å². The third-order valence-corrected chi connectivity index (χ3v) is 5.54. The first-order chi connectivity index (χ1) is 11.7. The van der Waals surface area contributed by atoms with Gasteiger partial charge in [-0.1, -0.05) is 0 Å². The smallest absolute Gasteiger partial charge is 0.231 e. The number of methoxy groups -OCH3 is 1. The molecule has 0 amide bonds. The second-order valence-corrected chi connectivity index (χ2v) is 6.77. The van der Waals surface area contributed by atoms with Crippen molar-refractivity contribution in [2.24, 2.45) is 0 Å². The fourth-order valence-electron chi connectivity index (χ4n) is 4.35. The number of phenolic OH excluding ortho intramolecular Hbond substituents is 1. The Morgan fingerprint density at radius 3 is 2.58 bits per heavy atom. The first kappa shape index (κ1) is 14.0. The minimum absolute atomic E-state index is 0.201. The van der Waals surface area contributed by atoms with Gasteiger partial charge in [0, 0.05) is 18.5 Å². The summed E-state index contributed by atoms with van der Waals surface area (Å²) in [4.78, 5) is 2.39. The molecule has 5 heteroatoms.